The Labute approximate surface area is 143 Å². The van der Waals surface area contributed by atoms with Crippen LogP contribution >= 0.6 is 0 Å². The van der Waals surface area contributed by atoms with E-state index < -0.39 is 15.6 Å². The summed E-state index contributed by atoms with van der Waals surface area (Å²) >= 11 is 0. The van der Waals surface area contributed by atoms with Gasteiger partial charge in [-0.2, -0.15) is 0 Å². The highest BCUT2D eigenvalue weighted by atomic mass is 32.2. The molecule has 0 atom stereocenters. The van der Waals surface area contributed by atoms with Crippen molar-refractivity contribution in [3.8, 4) is 0 Å². The van der Waals surface area contributed by atoms with E-state index in [-0.39, 0.29) is 6.54 Å². The van der Waals surface area contributed by atoms with Crippen molar-refractivity contribution in [2.75, 3.05) is 13.7 Å². The summed E-state index contributed by atoms with van der Waals surface area (Å²) in [7, 11) is -1.87. The van der Waals surface area contributed by atoms with Crippen LogP contribution < -0.4 is 4.72 Å². The molecule has 0 spiro atoms. The molecule has 0 saturated carbocycles. The van der Waals surface area contributed by atoms with Crippen molar-refractivity contribution in [1.82, 2.24) is 4.72 Å². The van der Waals surface area contributed by atoms with E-state index >= 15 is 0 Å². The average molecular weight is 343 g/mol. The third-order valence-corrected chi connectivity index (χ3v) is 5.45. The molecule has 0 aliphatic heterocycles. The lowest BCUT2D eigenvalue weighted by Gasteiger charge is -2.27. The molecule has 126 valence electrons. The number of methoxy groups -OCH3 is 1. The smallest absolute Gasteiger partial charge is 0.233 e. The van der Waals surface area contributed by atoms with Gasteiger partial charge in [0.1, 0.15) is 0 Å². The van der Waals surface area contributed by atoms with E-state index in [1.807, 2.05) is 42.5 Å². The van der Waals surface area contributed by atoms with Crippen molar-refractivity contribution in [2.45, 2.75) is 18.4 Å². The molecular formula is C19H21NO3S. The first-order chi connectivity index (χ1) is 11.5. The summed E-state index contributed by atoms with van der Waals surface area (Å²) < 4.78 is 32.8. The van der Waals surface area contributed by atoms with Gasteiger partial charge in [0.2, 0.25) is 10.0 Å². The maximum Gasteiger partial charge on any atom is 0.233 e. The Hall–Kier alpha value is -1.95. The van der Waals surface area contributed by atoms with Crippen molar-refractivity contribution in [1.29, 1.82) is 0 Å². The standard InChI is InChI=1S/C19H21NO3S/c1-23-19(13-17-9-5-6-10-18(17)14-19)15-20-24(21,22)12-11-16-7-3-2-4-8-16/h2-12,20H,13-15H2,1H3. The first kappa shape index (κ1) is 16.9. The molecular weight excluding hydrogens is 322 g/mol. The van der Waals surface area contributed by atoms with Crippen molar-refractivity contribution in [3.63, 3.8) is 0 Å². The number of nitrogens with one attached hydrogen (secondary N) is 1. The van der Waals surface area contributed by atoms with Gasteiger partial charge >= 0.3 is 0 Å². The minimum absolute atomic E-state index is 0.250. The van der Waals surface area contributed by atoms with Crippen LogP contribution in [0.1, 0.15) is 16.7 Å². The molecule has 1 aliphatic rings. The highest BCUT2D eigenvalue weighted by Crippen LogP contribution is 2.32. The minimum Gasteiger partial charge on any atom is -0.376 e. The zero-order valence-electron chi connectivity index (χ0n) is 13.6. The molecule has 0 bridgehead atoms. The van der Waals surface area contributed by atoms with E-state index in [9.17, 15) is 8.42 Å². The number of ether oxygens (including phenoxy) is 1. The third-order valence-electron chi connectivity index (χ3n) is 4.41. The summed E-state index contributed by atoms with van der Waals surface area (Å²) in [5, 5.41) is 1.20. The summed E-state index contributed by atoms with van der Waals surface area (Å²) in [5.41, 5.74) is 2.77. The second kappa shape index (κ2) is 6.89. The predicted octanol–water partition coefficient (Wildman–Crippen LogP) is 2.76. The Morgan fingerprint density at radius 1 is 1.04 bits per heavy atom. The van der Waals surface area contributed by atoms with E-state index in [2.05, 4.69) is 16.9 Å². The van der Waals surface area contributed by atoms with Gasteiger partial charge in [-0.05, 0) is 22.8 Å². The normalized spacial score (nSPS) is 16.4. The Morgan fingerprint density at radius 3 is 2.21 bits per heavy atom. The van der Waals surface area contributed by atoms with Crippen LogP contribution in [0.2, 0.25) is 0 Å². The van der Waals surface area contributed by atoms with E-state index in [0.29, 0.717) is 12.8 Å². The molecule has 0 aromatic heterocycles. The molecule has 2 aromatic rings. The maximum absolute atomic E-state index is 12.2. The molecule has 4 nitrogen and oxygen atoms in total. The summed E-state index contributed by atoms with van der Waals surface area (Å²) in [6.07, 6.45) is 3.01. The molecule has 0 amide bonds. The van der Waals surface area contributed by atoms with Crippen LogP contribution in [0.25, 0.3) is 6.08 Å². The molecule has 24 heavy (non-hydrogen) atoms. The van der Waals surface area contributed by atoms with Crippen LogP contribution in [0.5, 0.6) is 0 Å². The largest absolute Gasteiger partial charge is 0.376 e. The van der Waals surface area contributed by atoms with Crippen LogP contribution in [-0.2, 0) is 27.6 Å². The summed E-state index contributed by atoms with van der Waals surface area (Å²) in [6.45, 7) is 0.250. The molecule has 1 N–H and O–H groups in total. The van der Waals surface area contributed by atoms with Crippen molar-refractivity contribution in [2.24, 2.45) is 0 Å². The minimum atomic E-state index is -3.51. The Morgan fingerprint density at radius 2 is 1.62 bits per heavy atom. The van der Waals surface area contributed by atoms with Gasteiger partial charge < -0.3 is 4.74 Å². The predicted molar refractivity (Wildman–Crippen MR) is 96.0 cm³/mol. The van der Waals surface area contributed by atoms with Crippen molar-refractivity contribution < 1.29 is 13.2 Å². The average Bonchev–Trinajstić information content (AvgIpc) is 2.99. The molecule has 0 radical (unpaired) electrons. The summed E-state index contributed by atoms with van der Waals surface area (Å²) in [6, 6.07) is 17.5. The van der Waals surface area contributed by atoms with Gasteiger partial charge in [-0.25, -0.2) is 13.1 Å². The molecule has 0 heterocycles. The number of hydrogen-bond acceptors (Lipinski definition) is 3. The van der Waals surface area contributed by atoms with Gasteiger partial charge in [-0.15, -0.1) is 0 Å². The van der Waals surface area contributed by atoms with Gasteiger partial charge in [0.25, 0.3) is 0 Å². The quantitative estimate of drug-likeness (QED) is 0.877. The van der Waals surface area contributed by atoms with Gasteiger partial charge in [0.05, 0.1) is 5.60 Å². The lowest BCUT2D eigenvalue weighted by atomic mass is 10.0. The monoisotopic (exact) mass is 343 g/mol. The third kappa shape index (κ3) is 3.93. The Bertz CT molecular complexity index is 804. The van der Waals surface area contributed by atoms with Crippen molar-refractivity contribution >= 4 is 16.1 Å². The zero-order chi connectivity index (χ0) is 17.0. The molecule has 3 rings (SSSR count). The highest BCUT2D eigenvalue weighted by Gasteiger charge is 2.37. The topological polar surface area (TPSA) is 55.4 Å². The fourth-order valence-corrected chi connectivity index (χ4v) is 3.91. The first-order valence-electron chi connectivity index (χ1n) is 7.87. The second-order valence-electron chi connectivity index (χ2n) is 6.09. The van der Waals surface area contributed by atoms with Gasteiger partial charge in [-0.3, -0.25) is 0 Å². The van der Waals surface area contributed by atoms with E-state index in [4.69, 9.17) is 4.74 Å². The number of rotatable bonds is 6. The van der Waals surface area contributed by atoms with E-state index in [1.165, 1.54) is 16.5 Å². The van der Waals surface area contributed by atoms with Gasteiger partial charge in [0, 0.05) is 31.9 Å². The number of benzene rings is 2. The van der Waals surface area contributed by atoms with Crippen molar-refractivity contribution in [3.05, 3.63) is 76.7 Å². The molecule has 2 aromatic carbocycles. The number of hydrogen-bond donors (Lipinski definition) is 1. The second-order valence-corrected chi connectivity index (χ2v) is 7.74. The number of fused-ring (bicyclic) bond motifs is 1. The van der Waals surface area contributed by atoms with E-state index in [1.54, 1.807) is 13.2 Å². The van der Waals surface area contributed by atoms with Crippen LogP contribution in [-0.4, -0.2) is 27.7 Å². The highest BCUT2D eigenvalue weighted by molar-refractivity contribution is 7.92. The SMILES string of the molecule is COC1(CNS(=O)(=O)C=Cc2ccccc2)Cc2ccccc2C1. The van der Waals surface area contributed by atoms with E-state index in [0.717, 1.165) is 5.56 Å². The molecule has 1 aliphatic carbocycles. The van der Waals surface area contributed by atoms with Crippen LogP contribution in [0, 0.1) is 0 Å². The summed E-state index contributed by atoms with van der Waals surface area (Å²) in [5.74, 6) is 0. The molecule has 0 fully saturated rings. The summed E-state index contributed by atoms with van der Waals surface area (Å²) in [4.78, 5) is 0. The molecule has 0 unspecified atom stereocenters. The van der Waals surface area contributed by atoms with Gasteiger partial charge in [0.15, 0.2) is 0 Å². The van der Waals surface area contributed by atoms with Crippen LogP contribution in [0.15, 0.2) is 60.0 Å². The fraction of sp³-hybridized carbons (Fsp3) is 0.263. The molecule has 0 saturated heterocycles. The number of sulfonamides is 1. The first-order valence-corrected chi connectivity index (χ1v) is 9.41. The lowest BCUT2D eigenvalue weighted by Crippen LogP contribution is -2.44. The lowest BCUT2D eigenvalue weighted by molar-refractivity contribution is 0.00384. The fourth-order valence-electron chi connectivity index (χ4n) is 3.01. The zero-order valence-corrected chi connectivity index (χ0v) is 14.4. The van der Waals surface area contributed by atoms with Crippen LogP contribution in [0.4, 0.5) is 0 Å². The van der Waals surface area contributed by atoms with Crippen LogP contribution in [0.3, 0.4) is 0 Å². The Balaban J connectivity index is 1.67. The Kier molecular flexibility index (Phi) is 4.85. The maximum atomic E-state index is 12.2. The van der Waals surface area contributed by atoms with Gasteiger partial charge in [-0.1, -0.05) is 54.6 Å². The molecule has 5 heteroatoms.